The third-order valence-corrected chi connectivity index (χ3v) is 1.44. The molecular weight excluding hydrogens is 164 g/mol. The molecule has 0 saturated carbocycles. The van der Waals surface area contributed by atoms with Crippen LogP contribution in [-0.4, -0.2) is 20.2 Å². The molecule has 1 heterocycles. The summed E-state index contributed by atoms with van der Waals surface area (Å²) >= 11 is 0. The minimum absolute atomic E-state index is 0.943. The van der Waals surface area contributed by atoms with Gasteiger partial charge in [0.15, 0.2) is 6.33 Å². The van der Waals surface area contributed by atoms with Crippen molar-refractivity contribution in [3.63, 3.8) is 0 Å². The summed E-state index contributed by atoms with van der Waals surface area (Å²) in [5, 5.41) is 10.5. The van der Waals surface area contributed by atoms with E-state index in [4.69, 9.17) is 0 Å². The molecule has 0 aliphatic rings. The van der Waals surface area contributed by atoms with E-state index in [0.717, 1.165) is 5.56 Å². The Hall–Kier alpha value is -2.15. The molecule has 4 heteroatoms. The minimum Gasteiger partial charge on any atom is -0.156 e. The maximum Gasteiger partial charge on any atom is 0.153 e. The summed E-state index contributed by atoms with van der Waals surface area (Å²) in [7, 11) is 0. The molecule has 0 aliphatic heterocycles. The topological polar surface area (TPSA) is 43.6 Å². The van der Waals surface area contributed by atoms with Gasteiger partial charge in [0, 0.05) is 11.6 Å². The van der Waals surface area contributed by atoms with Gasteiger partial charge in [0.2, 0.25) is 0 Å². The Bertz CT molecular complexity index is 422. The first-order chi connectivity index (χ1) is 6.45. The highest BCUT2D eigenvalue weighted by molar-refractivity contribution is 5.33. The van der Waals surface area contributed by atoms with Gasteiger partial charge in [-0.2, -0.15) is 4.68 Å². The lowest BCUT2D eigenvalue weighted by atomic mass is 10.2. The fourth-order valence-electron chi connectivity index (χ4n) is 0.856. The second-order valence-electron chi connectivity index (χ2n) is 2.36. The second-order valence-corrected chi connectivity index (χ2v) is 2.36. The first-order valence-corrected chi connectivity index (χ1v) is 3.75. The van der Waals surface area contributed by atoms with E-state index in [9.17, 15) is 0 Å². The number of rotatable bonds is 0. The molecule has 0 fully saturated rings. The summed E-state index contributed by atoms with van der Waals surface area (Å²) in [6.07, 6.45) is 1.45. The van der Waals surface area contributed by atoms with Crippen LogP contribution in [0.2, 0.25) is 0 Å². The van der Waals surface area contributed by atoms with Crippen LogP contribution in [0.15, 0.2) is 36.7 Å². The van der Waals surface area contributed by atoms with Crippen LogP contribution in [0.1, 0.15) is 5.56 Å². The summed E-state index contributed by atoms with van der Waals surface area (Å²) in [6, 6.07) is 12.4. The zero-order valence-corrected chi connectivity index (χ0v) is 6.75. The lowest BCUT2D eigenvalue weighted by Crippen LogP contribution is -1.88. The number of nitrogens with zero attached hydrogens (tertiary/aromatic N) is 4. The molecule has 1 aromatic carbocycles. The van der Waals surface area contributed by atoms with Gasteiger partial charge in [-0.05, 0) is 28.5 Å². The standard InChI is InChI=1S/C9H6N4/c1-2-4-9(5-3-1)6-7-13-8-10-11-12-13/h1-5,8H. The normalized spacial score (nSPS) is 8.92. The lowest BCUT2D eigenvalue weighted by Gasteiger charge is -1.85. The Morgan fingerprint density at radius 2 is 2.00 bits per heavy atom. The average Bonchev–Trinajstić information content (AvgIpc) is 2.69. The van der Waals surface area contributed by atoms with E-state index in [1.165, 1.54) is 11.0 Å². The van der Waals surface area contributed by atoms with E-state index in [0.29, 0.717) is 0 Å². The zero-order chi connectivity index (χ0) is 8.93. The van der Waals surface area contributed by atoms with Crippen LogP contribution in [0.3, 0.4) is 0 Å². The van der Waals surface area contributed by atoms with Crippen LogP contribution in [0.5, 0.6) is 0 Å². The summed E-state index contributed by atoms with van der Waals surface area (Å²) in [4.78, 5) is 0. The highest BCUT2D eigenvalue weighted by Gasteiger charge is 1.84. The molecule has 2 aromatic rings. The molecule has 0 unspecified atom stereocenters. The highest BCUT2D eigenvalue weighted by atomic mass is 15.5. The number of hydrogen-bond donors (Lipinski definition) is 0. The Morgan fingerprint density at radius 3 is 2.69 bits per heavy atom. The van der Waals surface area contributed by atoms with Crippen molar-refractivity contribution in [1.82, 2.24) is 20.2 Å². The Labute approximate surface area is 75.2 Å². The fourth-order valence-corrected chi connectivity index (χ4v) is 0.856. The van der Waals surface area contributed by atoms with Crippen molar-refractivity contribution < 1.29 is 0 Å². The molecule has 2 rings (SSSR count). The van der Waals surface area contributed by atoms with E-state index >= 15 is 0 Å². The summed E-state index contributed by atoms with van der Waals surface area (Å²) in [5.41, 5.74) is 0.943. The van der Waals surface area contributed by atoms with Crippen molar-refractivity contribution in [2.45, 2.75) is 0 Å². The summed E-state index contributed by atoms with van der Waals surface area (Å²) in [5.74, 6) is 2.92. The van der Waals surface area contributed by atoms with Crippen molar-refractivity contribution in [3.8, 4) is 12.0 Å². The van der Waals surface area contributed by atoms with Gasteiger partial charge < -0.3 is 0 Å². The molecular formula is C9H6N4. The molecule has 0 bridgehead atoms. The fraction of sp³-hybridized carbons (Fsp3) is 0. The quantitative estimate of drug-likeness (QED) is 0.542. The van der Waals surface area contributed by atoms with Crippen LogP contribution >= 0.6 is 0 Å². The largest absolute Gasteiger partial charge is 0.156 e. The van der Waals surface area contributed by atoms with Gasteiger partial charge in [0.1, 0.15) is 0 Å². The van der Waals surface area contributed by atoms with E-state index < -0.39 is 0 Å². The van der Waals surface area contributed by atoms with Crippen molar-refractivity contribution in [2.24, 2.45) is 0 Å². The van der Waals surface area contributed by atoms with Gasteiger partial charge in [-0.3, -0.25) is 0 Å². The lowest BCUT2D eigenvalue weighted by molar-refractivity contribution is 0.808. The Morgan fingerprint density at radius 1 is 1.15 bits per heavy atom. The molecule has 62 valence electrons. The molecule has 0 N–H and O–H groups in total. The minimum atomic E-state index is 0.943. The van der Waals surface area contributed by atoms with Crippen LogP contribution in [0.4, 0.5) is 0 Å². The van der Waals surface area contributed by atoms with Gasteiger partial charge in [0.05, 0.1) is 0 Å². The molecule has 0 atom stereocenters. The van der Waals surface area contributed by atoms with Gasteiger partial charge in [-0.15, -0.1) is 5.10 Å². The van der Waals surface area contributed by atoms with Gasteiger partial charge in [0.25, 0.3) is 0 Å². The third-order valence-electron chi connectivity index (χ3n) is 1.44. The van der Waals surface area contributed by atoms with Gasteiger partial charge in [-0.1, -0.05) is 18.2 Å². The van der Waals surface area contributed by atoms with E-state index in [-0.39, 0.29) is 0 Å². The molecule has 0 radical (unpaired) electrons. The Balaban J connectivity index is 2.23. The maximum absolute atomic E-state index is 3.61. The maximum atomic E-state index is 3.61. The SMILES string of the molecule is C(#Cn1cnnn1)c1ccccc1. The monoisotopic (exact) mass is 170 g/mol. The predicted molar refractivity (Wildman–Crippen MR) is 46.5 cm³/mol. The molecule has 0 aliphatic carbocycles. The van der Waals surface area contributed by atoms with Gasteiger partial charge >= 0.3 is 0 Å². The predicted octanol–water partition coefficient (Wildman–Crippen LogP) is 0.530. The average molecular weight is 170 g/mol. The molecule has 4 nitrogen and oxygen atoms in total. The van der Waals surface area contributed by atoms with E-state index in [1.807, 2.05) is 30.3 Å². The van der Waals surface area contributed by atoms with E-state index in [2.05, 4.69) is 27.5 Å². The third kappa shape index (κ3) is 1.91. The Kier molecular flexibility index (Phi) is 2.02. The zero-order valence-electron chi connectivity index (χ0n) is 6.75. The van der Waals surface area contributed by atoms with Crippen molar-refractivity contribution >= 4 is 0 Å². The number of tetrazole rings is 1. The molecule has 1 aromatic heterocycles. The second kappa shape index (κ2) is 3.50. The van der Waals surface area contributed by atoms with Crippen LogP contribution in [-0.2, 0) is 0 Å². The summed E-state index contributed by atoms with van der Waals surface area (Å²) < 4.78 is 1.37. The number of hydrogen-bond acceptors (Lipinski definition) is 3. The first kappa shape index (κ1) is 7.50. The van der Waals surface area contributed by atoms with Gasteiger partial charge in [-0.25, -0.2) is 0 Å². The first-order valence-electron chi connectivity index (χ1n) is 3.75. The highest BCUT2D eigenvalue weighted by Crippen LogP contribution is 1.94. The number of aromatic nitrogens is 4. The molecule has 0 saturated heterocycles. The van der Waals surface area contributed by atoms with Crippen molar-refractivity contribution in [1.29, 1.82) is 0 Å². The molecule has 0 spiro atoms. The van der Waals surface area contributed by atoms with Crippen LogP contribution in [0.25, 0.3) is 0 Å². The van der Waals surface area contributed by atoms with Crippen molar-refractivity contribution in [2.75, 3.05) is 0 Å². The van der Waals surface area contributed by atoms with Crippen LogP contribution < -0.4 is 0 Å². The number of benzene rings is 1. The van der Waals surface area contributed by atoms with Crippen molar-refractivity contribution in [3.05, 3.63) is 42.2 Å². The van der Waals surface area contributed by atoms with Crippen LogP contribution in [0, 0.1) is 12.0 Å². The molecule has 13 heavy (non-hydrogen) atoms. The van der Waals surface area contributed by atoms with E-state index in [1.54, 1.807) is 0 Å². The summed E-state index contributed by atoms with van der Waals surface area (Å²) in [6.45, 7) is 0. The smallest absolute Gasteiger partial charge is 0.153 e. The molecule has 0 amide bonds.